The summed E-state index contributed by atoms with van der Waals surface area (Å²) in [5.74, 6) is -1.74. The van der Waals surface area contributed by atoms with Gasteiger partial charge in [0, 0.05) is 32.1 Å². The molecule has 3 amide bonds. The minimum absolute atomic E-state index is 0.00489. The molecular weight excluding hydrogens is 373 g/mol. The van der Waals surface area contributed by atoms with Gasteiger partial charge in [-0.05, 0) is 35.9 Å². The Morgan fingerprint density at radius 3 is 2.59 bits per heavy atom. The molecule has 0 aliphatic heterocycles. The fourth-order valence-corrected chi connectivity index (χ4v) is 2.68. The third kappa shape index (κ3) is 5.79. The van der Waals surface area contributed by atoms with E-state index in [4.69, 9.17) is 17.3 Å². The number of hydrogen-bond donors (Lipinski definition) is 2. The fourth-order valence-electron chi connectivity index (χ4n) is 2.43. The molecule has 27 heavy (non-hydrogen) atoms. The van der Waals surface area contributed by atoms with E-state index in [2.05, 4.69) is 5.32 Å². The smallest absolute Gasteiger partial charge is 0.252 e. The highest BCUT2D eigenvalue weighted by atomic mass is 35.5. The van der Waals surface area contributed by atoms with Gasteiger partial charge >= 0.3 is 0 Å². The molecule has 0 aliphatic carbocycles. The molecule has 0 aliphatic rings. The van der Waals surface area contributed by atoms with E-state index < -0.39 is 17.6 Å². The zero-order valence-electron chi connectivity index (χ0n) is 14.7. The summed E-state index contributed by atoms with van der Waals surface area (Å²) in [4.78, 5) is 36.9. The highest BCUT2D eigenvalue weighted by molar-refractivity contribution is 6.33. The molecule has 142 valence electrons. The van der Waals surface area contributed by atoms with Crippen molar-refractivity contribution in [2.75, 3.05) is 13.6 Å². The van der Waals surface area contributed by atoms with Gasteiger partial charge in [-0.15, -0.1) is 0 Å². The maximum absolute atomic E-state index is 13.0. The quantitative estimate of drug-likeness (QED) is 0.758. The number of benzene rings is 2. The van der Waals surface area contributed by atoms with Gasteiger partial charge in [0.15, 0.2) is 0 Å². The third-order valence-corrected chi connectivity index (χ3v) is 4.17. The lowest BCUT2D eigenvalue weighted by atomic mass is 10.1. The molecule has 2 aromatic carbocycles. The zero-order valence-corrected chi connectivity index (χ0v) is 15.4. The van der Waals surface area contributed by atoms with E-state index in [1.54, 1.807) is 31.3 Å². The van der Waals surface area contributed by atoms with Gasteiger partial charge in [0.1, 0.15) is 5.82 Å². The molecular formula is C19H19ClFN3O3. The summed E-state index contributed by atoms with van der Waals surface area (Å²) in [6.45, 7) is 0.411. The Kier molecular flexibility index (Phi) is 6.90. The Hall–Kier alpha value is -2.93. The van der Waals surface area contributed by atoms with Crippen molar-refractivity contribution in [3.8, 4) is 0 Å². The molecule has 0 unspecified atom stereocenters. The van der Waals surface area contributed by atoms with Crippen LogP contribution in [0.2, 0.25) is 5.02 Å². The van der Waals surface area contributed by atoms with Crippen molar-refractivity contribution in [1.82, 2.24) is 10.2 Å². The van der Waals surface area contributed by atoms with Crippen LogP contribution in [0.25, 0.3) is 0 Å². The van der Waals surface area contributed by atoms with Crippen LogP contribution in [-0.4, -0.2) is 36.2 Å². The van der Waals surface area contributed by atoms with Crippen LogP contribution in [-0.2, 0) is 11.3 Å². The number of nitrogens with two attached hydrogens (primary N) is 1. The van der Waals surface area contributed by atoms with E-state index >= 15 is 0 Å². The van der Waals surface area contributed by atoms with Crippen molar-refractivity contribution in [3.63, 3.8) is 0 Å². The Balaban J connectivity index is 1.85. The van der Waals surface area contributed by atoms with Crippen LogP contribution in [0.3, 0.4) is 0 Å². The molecule has 2 aromatic rings. The first-order valence-electron chi connectivity index (χ1n) is 8.14. The second-order valence-corrected chi connectivity index (χ2v) is 6.35. The molecule has 8 heteroatoms. The van der Waals surface area contributed by atoms with Gasteiger partial charge in [0.2, 0.25) is 11.8 Å². The molecule has 6 nitrogen and oxygen atoms in total. The van der Waals surface area contributed by atoms with Crippen molar-refractivity contribution in [2.24, 2.45) is 5.73 Å². The Labute approximate surface area is 161 Å². The second-order valence-electron chi connectivity index (χ2n) is 5.94. The van der Waals surface area contributed by atoms with Gasteiger partial charge < -0.3 is 16.0 Å². The van der Waals surface area contributed by atoms with Gasteiger partial charge in [-0.3, -0.25) is 14.4 Å². The first kappa shape index (κ1) is 20.4. The number of rotatable bonds is 7. The molecule has 0 heterocycles. The van der Waals surface area contributed by atoms with Crippen molar-refractivity contribution in [3.05, 3.63) is 70.0 Å². The predicted octanol–water partition coefficient (Wildman–Crippen LogP) is 2.36. The number of carbonyl (C=O) groups is 3. The number of amides is 3. The lowest BCUT2D eigenvalue weighted by Crippen LogP contribution is -2.32. The number of carbonyl (C=O) groups excluding carboxylic acids is 3. The number of nitrogens with one attached hydrogen (secondary N) is 1. The summed E-state index contributed by atoms with van der Waals surface area (Å²) in [5, 5.41) is 2.58. The number of halogens is 2. The van der Waals surface area contributed by atoms with Crippen molar-refractivity contribution in [1.29, 1.82) is 0 Å². The first-order chi connectivity index (χ1) is 12.8. The molecule has 0 saturated carbocycles. The standard InChI is InChI=1S/C19H19ClFN3O3/c1-24(11-12-3-2-4-13(9-12)18(22)26)17(25)7-8-23-19(27)15-6-5-14(21)10-16(15)20/h2-6,9-10H,7-8,11H2,1H3,(H2,22,26)(H,23,27). The van der Waals surface area contributed by atoms with Crippen LogP contribution >= 0.6 is 11.6 Å². The van der Waals surface area contributed by atoms with Crippen LogP contribution in [0, 0.1) is 5.82 Å². The Morgan fingerprint density at radius 1 is 1.19 bits per heavy atom. The van der Waals surface area contributed by atoms with E-state index in [0.717, 1.165) is 17.7 Å². The summed E-state index contributed by atoms with van der Waals surface area (Å²) in [7, 11) is 1.62. The first-order valence-corrected chi connectivity index (χ1v) is 8.51. The largest absolute Gasteiger partial charge is 0.366 e. The molecule has 0 aromatic heterocycles. The highest BCUT2D eigenvalue weighted by Gasteiger charge is 2.13. The van der Waals surface area contributed by atoms with Gasteiger partial charge in [-0.1, -0.05) is 23.7 Å². The molecule has 0 radical (unpaired) electrons. The second kappa shape index (κ2) is 9.14. The molecule has 0 spiro atoms. The number of hydrogen-bond acceptors (Lipinski definition) is 3. The molecule has 2 rings (SSSR count). The lowest BCUT2D eigenvalue weighted by molar-refractivity contribution is -0.130. The van der Waals surface area contributed by atoms with Crippen LogP contribution in [0.5, 0.6) is 0 Å². The molecule has 3 N–H and O–H groups in total. The van der Waals surface area contributed by atoms with Gasteiger partial charge in [-0.25, -0.2) is 4.39 Å². The maximum Gasteiger partial charge on any atom is 0.252 e. The topological polar surface area (TPSA) is 92.5 Å². The van der Waals surface area contributed by atoms with Crippen molar-refractivity contribution in [2.45, 2.75) is 13.0 Å². The molecule has 0 saturated heterocycles. The van der Waals surface area contributed by atoms with Gasteiger partial charge in [-0.2, -0.15) is 0 Å². The monoisotopic (exact) mass is 391 g/mol. The normalized spacial score (nSPS) is 10.3. The summed E-state index contributed by atoms with van der Waals surface area (Å²) in [5.41, 5.74) is 6.53. The Bertz CT molecular complexity index is 873. The van der Waals surface area contributed by atoms with Crippen LogP contribution in [0.15, 0.2) is 42.5 Å². The van der Waals surface area contributed by atoms with Crippen molar-refractivity contribution < 1.29 is 18.8 Å². The lowest BCUT2D eigenvalue weighted by Gasteiger charge is -2.18. The van der Waals surface area contributed by atoms with Gasteiger partial charge in [0.05, 0.1) is 10.6 Å². The minimum atomic E-state index is -0.534. The molecule has 0 atom stereocenters. The summed E-state index contributed by atoms with van der Waals surface area (Å²) in [6.07, 6.45) is 0.0799. The average Bonchev–Trinajstić information content (AvgIpc) is 2.61. The van der Waals surface area contributed by atoms with E-state index in [9.17, 15) is 18.8 Å². The summed E-state index contributed by atoms with van der Waals surface area (Å²) in [6, 6.07) is 10.2. The van der Waals surface area contributed by atoms with Crippen LogP contribution < -0.4 is 11.1 Å². The fraction of sp³-hybridized carbons (Fsp3) is 0.211. The Morgan fingerprint density at radius 2 is 1.93 bits per heavy atom. The van der Waals surface area contributed by atoms with E-state index in [0.29, 0.717) is 12.1 Å². The number of primary amides is 1. The predicted molar refractivity (Wildman–Crippen MR) is 99.8 cm³/mol. The SMILES string of the molecule is CN(Cc1cccc(C(N)=O)c1)C(=O)CCNC(=O)c1ccc(F)cc1Cl. The maximum atomic E-state index is 13.0. The number of nitrogens with zero attached hydrogens (tertiary/aromatic N) is 1. The average molecular weight is 392 g/mol. The molecule has 0 fully saturated rings. The highest BCUT2D eigenvalue weighted by Crippen LogP contribution is 2.17. The van der Waals surface area contributed by atoms with Crippen LogP contribution in [0.4, 0.5) is 4.39 Å². The van der Waals surface area contributed by atoms with Crippen LogP contribution in [0.1, 0.15) is 32.7 Å². The van der Waals surface area contributed by atoms with E-state index in [1.807, 2.05) is 0 Å². The van der Waals surface area contributed by atoms with Gasteiger partial charge in [0.25, 0.3) is 5.91 Å². The summed E-state index contributed by atoms with van der Waals surface area (Å²) < 4.78 is 13.0. The summed E-state index contributed by atoms with van der Waals surface area (Å²) >= 11 is 5.83. The van der Waals surface area contributed by atoms with E-state index in [1.165, 1.54) is 11.0 Å². The van der Waals surface area contributed by atoms with E-state index in [-0.39, 0.29) is 29.5 Å². The third-order valence-electron chi connectivity index (χ3n) is 3.86. The minimum Gasteiger partial charge on any atom is -0.366 e. The van der Waals surface area contributed by atoms with Crippen molar-refractivity contribution >= 4 is 29.3 Å². The zero-order chi connectivity index (χ0) is 20.0. The molecule has 0 bridgehead atoms.